The van der Waals surface area contributed by atoms with Crippen LogP contribution in [0.3, 0.4) is 0 Å². The van der Waals surface area contributed by atoms with Crippen molar-refractivity contribution in [3.8, 4) is 11.5 Å². The molecule has 3 heterocycles. The summed E-state index contributed by atoms with van der Waals surface area (Å²) in [4.78, 5) is 8.16. The number of nitrogens with two attached hydrogens (primary N) is 1. The zero-order valence-corrected chi connectivity index (χ0v) is 13.4. The standard InChI is InChI=1S/C15H19N5O4/c1-9(24-15(2,6-21)7-22)11-5-10(14-17-3-4-23-14)12-13(16)18-8-19-20(11)12/h3-5,8-9,21-22H,6-7H2,1-2H3,(H2,16,18,19). The molecule has 3 aromatic heterocycles. The average Bonchev–Trinajstić information content (AvgIpc) is 3.22. The van der Waals surface area contributed by atoms with Gasteiger partial charge in [-0.2, -0.15) is 5.10 Å². The molecule has 1 atom stereocenters. The lowest BCUT2D eigenvalue weighted by Gasteiger charge is -2.29. The molecule has 24 heavy (non-hydrogen) atoms. The third kappa shape index (κ3) is 2.73. The molecule has 3 rings (SSSR count). The van der Waals surface area contributed by atoms with Gasteiger partial charge in [0.2, 0.25) is 5.89 Å². The normalized spacial score (nSPS) is 13.5. The molecule has 0 spiro atoms. The number of hydrogen-bond acceptors (Lipinski definition) is 8. The van der Waals surface area contributed by atoms with Gasteiger partial charge in [-0.05, 0) is 19.9 Å². The molecule has 0 saturated heterocycles. The molecule has 0 radical (unpaired) electrons. The molecule has 0 saturated carbocycles. The molecule has 0 aromatic carbocycles. The Morgan fingerprint density at radius 3 is 2.75 bits per heavy atom. The molecule has 0 amide bonds. The van der Waals surface area contributed by atoms with Gasteiger partial charge in [0.1, 0.15) is 23.7 Å². The predicted octanol–water partition coefficient (Wildman–Crippen LogP) is 0.787. The monoisotopic (exact) mass is 333 g/mol. The Morgan fingerprint density at radius 1 is 1.38 bits per heavy atom. The van der Waals surface area contributed by atoms with Crippen LogP contribution >= 0.6 is 0 Å². The summed E-state index contributed by atoms with van der Waals surface area (Å²) >= 11 is 0. The fourth-order valence-corrected chi connectivity index (χ4v) is 2.51. The SMILES string of the molecule is CC(OC(C)(CO)CO)c1cc(-c2ncco2)c2c(N)ncnn12. The van der Waals surface area contributed by atoms with E-state index in [9.17, 15) is 10.2 Å². The van der Waals surface area contributed by atoms with Gasteiger partial charge in [0, 0.05) is 0 Å². The Hall–Kier alpha value is -2.49. The first-order chi connectivity index (χ1) is 11.5. The van der Waals surface area contributed by atoms with Crippen LogP contribution < -0.4 is 5.73 Å². The van der Waals surface area contributed by atoms with Gasteiger partial charge in [-0.25, -0.2) is 14.5 Å². The molecule has 9 nitrogen and oxygen atoms in total. The number of anilines is 1. The van der Waals surface area contributed by atoms with Crippen LogP contribution in [-0.4, -0.2) is 48.6 Å². The van der Waals surface area contributed by atoms with Gasteiger partial charge in [-0.3, -0.25) is 0 Å². The molecular formula is C15H19N5O4. The average molecular weight is 333 g/mol. The Balaban J connectivity index is 2.11. The fraction of sp³-hybridized carbons (Fsp3) is 0.400. The van der Waals surface area contributed by atoms with E-state index in [1.165, 1.54) is 18.8 Å². The minimum absolute atomic E-state index is 0.281. The van der Waals surface area contributed by atoms with Crippen molar-refractivity contribution in [2.45, 2.75) is 25.6 Å². The van der Waals surface area contributed by atoms with E-state index in [2.05, 4.69) is 15.1 Å². The summed E-state index contributed by atoms with van der Waals surface area (Å²) in [5, 5.41) is 23.1. The maximum atomic E-state index is 9.43. The second kappa shape index (κ2) is 6.19. The van der Waals surface area contributed by atoms with Crippen molar-refractivity contribution in [1.82, 2.24) is 19.6 Å². The Kier molecular flexibility index (Phi) is 4.22. The lowest BCUT2D eigenvalue weighted by Crippen LogP contribution is -2.38. The molecule has 0 aliphatic rings. The fourth-order valence-electron chi connectivity index (χ4n) is 2.51. The molecule has 4 N–H and O–H groups in total. The predicted molar refractivity (Wildman–Crippen MR) is 85.0 cm³/mol. The molecule has 9 heteroatoms. The first kappa shape index (κ1) is 16.4. The number of aliphatic hydroxyl groups is 2. The first-order valence-electron chi connectivity index (χ1n) is 7.40. The summed E-state index contributed by atoms with van der Waals surface area (Å²) in [7, 11) is 0. The molecule has 0 aliphatic heterocycles. The van der Waals surface area contributed by atoms with Crippen molar-refractivity contribution in [2.24, 2.45) is 0 Å². The Labute approximate surface area is 137 Å². The van der Waals surface area contributed by atoms with E-state index in [1.54, 1.807) is 24.4 Å². The van der Waals surface area contributed by atoms with Crippen LogP contribution in [0.4, 0.5) is 5.82 Å². The lowest BCUT2D eigenvalue weighted by atomic mass is 10.1. The summed E-state index contributed by atoms with van der Waals surface area (Å²) in [5.41, 5.74) is 6.78. The van der Waals surface area contributed by atoms with Gasteiger partial charge >= 0.3 is 0 Å². The second-order valence-electron chi connectivity index (χ2n) is 5.75. The Bertz CT molecular complexity index is 826. The topological polar surface area (TPSA) is 132 Å². The molecule has 0 aliphatic carbocycles. The molecule has 3 aromatic rings. The largest absolute Gasteiger partial charge is 0.444 e. The van der Waals surface area contributed by atoms with Gasteiger partial charge in [-0.15, -0.1) is 0 Å². The molecular weight excluding hydrogens is 314 g/mol. The zero-order valence-electron chi connectivity index (χ0n) is 13.4. The lowest BCUT2D eigenvalue weighted by molar-refractivity contribution is -0.130. The van der Waals surface area contributed by atoms with E-state index >= 15 is 0 Å². The summed E-state index contributed by atoms with van der Waals surface area (Å²) in [6.45, 7) is 2.78. The van der Waals surface area contributed by atoms with Crippen LogP contribution in [-0.2, 0) is 4.74 Å². The van der Waals surface area contributed by atoms with E-state index in [4.69, 9.17) is 14.9 Å². The smallest absolute Gasteiger partial charge is 0.228 e. The van der Waals surface area contributed by atoms with Gasteiger partial charge in [0.15, 0.2) is 5.82 Å². The highest BCUT2D eigenvalue weighted by Gasteiger charge is 2.29. The highest BCUT2D eigenvalue weighted by atomic mass is 16.5. The summed E-state index contributed by atoms with van der Waals surface area (Å²) in [5.74, 6) is 0.670. The minimum atomic E-state index is -1.08. The van der Waals surface area contributed by atoms with Crippen molar-refractivity contribution in [3.05, 3.63) is 30.5 Å². The number of fused-ring (bicyclic) bond motifs is 1. The maximum Gasteiger partial charge on any atom is 0.228 e. The van der Waals surface area contributed by atoms with E-state index in [-0.39, 0.29) is 19.0 Å². The molecule has 0 fully saturated rings. The van der Waals surface area contributed by atoms with Gasteiger partial charge in [0.25, 0.3) is 0 Å². The quantitative estimate of drug-likeness (QED) is 0.603. The van der Waals surface area contributed by atoms with Crippen LogP contribution in [0.5, 0.6) is 0 Å². The number of aliphatic hydroxyl groups excluding tert-OH is 2. The molecule has 0 bridgehead atoms. The second-order valence-corrected chi connectivity index (χ2v) is 5.75. The van der Waals surface area contributed by atoms with Crippen LogP contribution in [0.2, 0.25) is 0 Å². The van der Waals surface area contributed by atoms with Crippen molar-refractivity contribution < 1.29 is 19.4 Å². The van der Waals surface area contributed by atoms with Crippen LogP contribution in [0.15, 0.2) is 29.3 Å². The molecule has 128 valence electrons. The zero-order chi connectivity index (χ0) is 17.3. The number of aromatic nitrogens is 4. The van der Waals surface area contributed by atoms with Crippen LogP contribution in [0.25, 0.3) is 17.0 Å². The number of oxazole rings is 1. The third-order valence-corrected chi connectivity index (χ3v) is 3.82. The first-order valence-corrected chi connectivity index (χ1v) is 7.40. The van der Waals surface area contributed by atoms with Gasteiger partial charge in [-0.1, -0.05) is 0 Å². The summed E-state index contributed by atoms with van der Waals surface area (Å²) in [6.07, 6.45) is 3.86. The van der Waals surface area contributed by atoms with E-state index in [1.807, 2.05) is 0 Å². The van der Waals surface area contributed by atoms with Crippen molar-refractivity contribution in [3.63, 3.8) is 0 Å². The van der Waals surface area contributed by atoms with Crippen molar-refractivity contribution in [2.75, 3.05) is 18.9 Å². The summed E-state index contributed by atoms with van der Waals surface area (Å²) in [6, 6.07) is 1.80. The highest BCUT2D eigenvalue weighted by Crippen LogP contribution is 2.33. The number of nitrogens with zero attached hydrogens (tertiary/aromatic N) is 4. The van der Waals surface area contributed by atoms with Crippen LogP contribution in [0.1, 0.15) is 25.6 Å². The van der Waals surface area contributed by atoms with E-state index in [0.29, 0.717) is 22.7 Å². The minimum Gasteiger partial charge on any atom is -0.444 e. The van der Waals surface area contributed by atoms with Crippen LogP contribution in [0, 0.1) is 0 Å². The highest BCUT2D eigenvalue weighted by molar-refractivity contribution is 5.85. The van der Waals surface area contributed by atoms with Gasteiger partial charge in [0.05, 0.1) is 36.8 Å². The Morgan fingerprint density at radius 2 is 2.12 bits per heavy atom. The molecule has 1 unspecified atom stereocenters. The number of ether oxygens (including phenoxy) is 1. The maximum absolute atomic E-state index is 9.43. The van der Waals surface area contributed by atoms with E-state index in [0.717, 1.165) is 0 Å². The van der Waals surface area contributed by atoms with Crippen molar-refractivity contribution in [1.29, 1.82) is 0 Å². The van der Waals surface area contributed by atoms with Crippen molar-refractivity contribution >= 4 is 11.3 Å². The van der Waals surface area contributed by atoms with E-state index < -0.39 is 11.7 Å². The summed E-state index contributed by atoms with van der Waals surface area (Å²) < 4.78 is 12.8. The third-order valence-electron chi connectivity index (χ3n) is 3.82. The number of nitrogen functional groups attached to an aromatic ring is 1. The number of hydrogen-bond donors (Lipinski definition) is 3. The number of rotatable bonds is 6. The van der Waals surface area contributed by atoms with Gasteiger partial charge < -0.3 is 25.1 Å².